The Kier molecular flexibility index (Phi) is 4.19. The predicted molar refractivity (Wildman–Crippen MR) is 64.2 cm³/mol. The molecule has 0 aliphatic carbocycles. The van der Waals surface area contributed by atoms with E-state index in [0.29, 0.717) is 12.4 Å². The molecular weight excluding hydrogens is 283 g/mol. The first-order valence-corrected chi connectivity index (χ1v) is 6.15. The summed E-state index contributed by atoms with van der Waals surface area (Å²) in [6, 6.07) is 3.18. The van der Waals surface area contributed by atoms with Crippen molar-refractivity contribution in [1.29, 1.82) is 0 Å². The fourth-order valence-electron chi connectivity index (χ4n) is 2.02. The molecule has 1 fully saturated rings. The highest BCUT2D eigenvalue weighted by atomic mass is 35.5. The van der Waals surface area contributed by atoms with Crippen LogP contribution in [-0.2, 0) is 4.79 Å². The Morgan fingerprint density at radius 1 is 1.47 bits per heavy atom. The molecule has 104 valence electrons. The van der Waals surface area contributed by atoms with Gasteiger partial charge in [0.2, 0.25) is 5.91 Å². The monoisotopic (exact) mass is 293 g/mol. The molecule has 0 spiro atoms. The maximum atomic E-state index is 13.1. The fourth-order valence-corrected chi connectivity index (χ4v) is 2.23. The van der Waals surface area contributed by atoms with Gasteiger partial charge in [-0.2, -0.15) is 8.78 Å². The zero-order valence-corrected chi connectivity index (χ0v) is 10.5. The van der Waals surface area contributed by atoms with Gasteiger partial charge in [-0.1, -0.05) is 0 Å². The van der Waals surface area contributed by atoms with Crippen molar-refractivity contribution in [1.82, 2.24) is 0 Å². The Labute approximate surface area is 112 Å². The number of benzene rings is 1. The molecule has 1 unspecified atom stereocenters. The number of rotatable bonds is 4. The summed E-state index contributed by atoms with van der Waals surface area (Å²) in [5.41, 5.74) is 0.138. The molecule has 0 aromatic heterocycles. The average Bonchev–Trinajstić information content (AvgIpc) is 2.70. The van der Waals surface area contributed by atoms with E-state index >= 15 is 0 Å². The number of carbonyl (C=O) groups is 1. The van der Waals surface area contributed by atoms with Crippen molar-refractivity contribution in [2.45, 2.75) is 13.0 Å². The first-order chi connectivity index (χ1) is 9.01. The summed E-state index contributed by atoms with van der Waals surface area (Å²) in [6.45, 7) is -2.77. The standard InChI is InChI=1S/C12H11ClF3NO2/c13-5-7-3-11(18)17(6-7)9-2-1-8(14)4-10(9)19-12(15)16/h1-2,4,7,12H,3,5-6H2. The summed E-state index contributed by atoms with van der Waals surface area (Å²) in [5.74, 6) is -1.04. The highest BCUT2D eigenvalue weighted by Crippen LogP contribution is 2.34. The topological polar surface area (TPSA) is 29.5 Å². The molecule has 3 nitrogen and oxygen atoms in total. The van der Waals surface area contributed by atoms with Crippen LogP contribution in [0.5, 0.6) is 5.75 Å². The Morgan fingerprint density at radius 2 is 2.21 bits per heavy atom. The molecule has 0 saturated carbocycles. The molecule has 1 atom stereocenters. The molecule has 1 aromatic rings. The molecule has 1 aliphatic heterocycles. The van der Waals surface area contributed by atoms with Crippen molar-refractivity contribution in [3.63, 3.8) is 0 Å². The molecule has 19 heavy (non-hydrogen) atoms. The van der Waals surface area contributed by atoms with E-state index in [9.17, 15) is 18.0 Å². The molecule has 1 amide bonds. The van der Waals surface area contributed by atoms with Crippen LogP contribution in [0.15, 0.2) is 18.2 Å². The van der Waals surface area contributed by atoms with Crippen LogP contribution in [0.25, 0.3) is 0 Å². The number of nitrogens with zero attached hydrogens (tertiary/aromatic N) is 1. The van der Waals surface area contributed by atoms with Gasteiger partial charge in [-0.3, -0.25) is 4.79 Å². The van der Waals surface area contributed by atoms with Crippen LogP contribution in [0.1, 0.15) is 6.42 Å². The predicted octanol–water partition coefficient (Wildman–Crippen LogP) is 3.02. The van der Waals surface area contributed by atoms with E-state index < -0.39 is 12.4 Å². The van der Waals surface area contributed by atoms with Crippen LogP contribution in [0.2, 0.25) is 0 Å². The third kappa shape index (κ3) is 3.12. The van der Waals surface area contributed by atoms with Crippen LogP contribution in [0.4, 0.5) is 18.9 Å². The van der Waals surface area contributed by atoms with Crippen LogP contribution < -0.4 is 9.64 Å². The van der Waals surface area contributed by atoms with E-state index in [1.807, 2.05) is 0 Å². The van der Waals surface area contributed by atoms with E-state index in [0.717, 1.165) is 12.1 Å². The summed E-state index contributed by atoms with van der Waals surface area (Å²) in [6.07, 6.45) is 0.245. The number of halogens is 4. The third-order valence-corrected chi connectivity index (χ3v) is 3.29. The minimum absolute atomic E-state index is 0.0429. The van der Waals surface area contributed by atoms with Gasteiger partial charge in [0.1, 0.15) is 5.82 Å². The number of alkyl halides is 3. The summed E-state index contributed by atoms with van der Waals surface area (Å²) in [7, 11) is 0. The van der Waals surface area contributed by atoms with Crippen molar-refractivity contribution < 1.29 is 22.7 Å². The van der Waals surface area contributed by atoms with Crippen LogP contribution in [0, 0.1) is 11.7 Å². The normalized spacial score (nSPS) is 19.3. The number of hydrogen-bond acceptors (Lipinski definition) is 2. The maximum Gasteiger partial charge on any atom is 0.387 e. The molecule has 0 radical (unpaired) electrons. The average molecular weight is 294 g/mol. The van der Waals surface area contributed by atoms with Crippen molar-refractivity contribution in [2.75, 3.05) is 17.3 Å². The first-order valence-electron chi connectivity index (χ1n) is 5.62. The van der Waals surface area contributed by atoms with Gasteiger partial charge in [-0.15, -0.1) is 11.6 Å². The van der Waals surface area contributed by atoms with Gasteiger partial charge >= 0.3 is 6.61 Å². The molecule has 0 bridgehead atoms. The second-order valence-electron chi connectivity index (χ2n) is 4.22. The highest BCUT2D eigenvalue weighted by Gasteiger charge is 2.32. The maximum absolute atomic E-state index is 13.1. The van der Waals surface area contributed by atoms with Crippen molar-refractivity contribution in [2.24, 2.45) is 5.92 Å². The van der Waals surface area contributed by atoms with E-state index in [1.165, 1.54) is 11.0 Å². The smallest absolute Gasteiger partial charge is 0.387 e. The van der Waals surface area contributed by atoms with Gasteiger partial charge in [0.05, 0.1) is 5.69 Å². The zero-order chi connectivity index (χ0) is 14.0. The Morgan fingerprint density at radius 3 is 2.79 bits per heavy atom. The van der Waals surface area contributed by atoms with Crippen molar-refractivity contribution >= 4 is 23.2 Å². The van der Waals surface area contributed by atoms with Gasteiger partial charge in [-0.05, 0) is 18.1 Å². The minimum atomic E-state index is -3.08. The highest BCUT2D eigenvalue weighted by molar-refractivity contribution is 6.18. The molecule has 1 aliphatic rings. The molecule has 7 heteroatoms. The van der Waals surface area contributed by atoms with Gasteiger partial charge in [0.15, 0.2) is 5.75 Å². The summed E-state index contributed by atoms with van der Waals surface area (Å²) in [5, 5.41) is 0. The van der Waals surface area contributed by atoms with Crippen LogP contribution >= 0.6 is 11.6 Å². The van der Waals surface area contributed by atoms with Gasteiger partial charge in [0.25, 0.3) is 0 Å². The van der Waals surface area contributed by atoms with Crippen molar-refractivity contribution in [3.05, 3.63) is 24.0 Å². The van der Waals surface area contributed by atoms with Gasteiger partial charge in [0, 0.05) is 24.9 Å². The molecule has 2 rings (SSSR count). The minimum Gasteiger partial charge on any atom is -0.432 e. The number of ether oxygens (including phenoxy) is 1. The largest absolute Gasteiger partial charge is 0.432 e. The lowest BCUT2D eigenvalue weighted by Crippen LogP contribution is -2.25. The van der Waals surface area contributed by atoms with E-state index in [1.54, 1.807) is 0 Å². The number of anilines is 1. The molecule has 1 saturated heterocycles. The Balaban J connectivity index is 2.31. The Hall–Kier alpha value is -1.43. The lowest BCUT2D eigenvalue weighted by atomic mass is 10.1. The molecular formula is C12H11ClF3NO2. The molecule has 0 N–H and O–H groups in total. The number of hydrogen-bond donors (Lipinski definition) is 0. The van der Waals surface area contributed by atoms with Gasteiger partial charge in [-0.25, -0.2) is 4.39 Å². The quantitative estimate of drug-likeness (QED) is 0.799. The molecule has 1 aromatic carbocycles. The number of amides is 1. The van der Waals surface area contributed by atoms with Crippen LogP contribution in [0.3, 0.4) is 0 Å². The Bertz CT molecular complexity index is 484. The molecule has 1 heterocycles. The zero-order valence-electron chi connectivity index (χ0n) is 9.78. The summed E-state index contributed by atoms with van der Waals surface area (Å²) < 4.78 is 41.9. The van der Waals surface area contributed by atoms with Crippen molar-refractivity contribution in [3.8, 4) is 5.75 Å². The van der Waals surface area contributed by atoms with E-state index in [4.69, 9.17) is 11.6 Å². The first kappa shape index (κ1) is 14.0. The summed E-state index contributed by atoms with van der Waals surface area (Å²) >= 11 is 5.69. The van der Waals surface area contributed by atoms with Crippen LogP contribution in [-0.4, -0.2) is 24.9 Å². The SMILES string of the molecule is O=C1CC(CCl)CN1c1ccc(F)cc1OC(F)F. The third-order valence-electron chi connectivity index (χ3n) is 2.85. The number of carbonyl (C=O) groups excluding carboxylic acids is 1. The second kappa shape index (κ2) is 5.69. The summed E-state index contributed by atoms with van der Waals surface area (Å²) in [4.78, 5) is 13.1. The lowest BCUT2D eigenvalue weighted by Gasteiger charge is -2.20. The van der Waals surface area contributed by atoms with Gasteiger partial charge < -0.3 is 9.64 Å². The fraction of sp³-hybridized carbons (Fsp3) is 0.417. The second-order valence-corrected chi connectivity index (χ2v) is 4.53. The lowest BCUT2D eigenvalue weighted by molar-refractivity contribution is -0.117. The van der Waals surface area contributed by atoms with E-state index in [2.05, 4.69) is 4.74 Å². The van der Waals surface area contributed by atoms with E-state index in [-0.39, 0.29) is 29.7 Å².